The summed E-state index contributed by atoms with van der Waals surface area (Å²) in [6.45, 7) is 1.86. The van der Waals surface area contributed by atoms with Crippen molar-refractivity contribution >= 4 is 35.0 Å². The van der Waals surface area contributed by atoms with Gasteiger partial charge in [-0.05, 0) is 48.4 Å². The highest BCUT2D eigenvalue weighted by molar-refractivity contribution is 8.00. The maximum absolute atomic E-state index is 14.3. The van der Waals surface area contributed by atoms with Crippen LogP contribution in [-0.2, 0) is 4.79 Å². The van der Waals surface area contributed by atoms with Gasteiger partial charge in [-0.1, -0.05) is 30.3 Å². The third kappa shape index (κ3) is 3.93. The molecule has 2 amide bonds. The molecule has 4 nitrogen and oxygen atoms in total. The number of carbonyl (C=O) groups is 2. The first-order chi connectivity index (χ1) is 14.4. The summed E-state index contributed by atoms with van der Waals surface area (Å²) in [4.78, 5) is 26.4. The smallest absolute Gasteiger partial charge is 0.255 e. The number of thioether (sulfide) groups is 1. The van der Waals surface area contributed by atoms with Gasteiger partial charge in [0.1, 0.15) is 17.0 Å². The molecule has 3 aromatic rings. The molecule has 1 N–H and O–H groups in total. The van der Waals surface area contributed by atoms with Crippen LogP contribution in [0, 0.1) is 18.6 Å². The molecule has 30 heavy (non-hydrogen) atoms. The van der Waals surface area contributed by atoms with Gasteiger partial charge >= 0.3 is 0 Å². The van der Waals surface area contributed by atoms with Crippen LogP contribution in [0.2, 0.25) is 0 Å². The summed E-state index contributed by atoms with van der Waals surface area (Å²) in [6.07, 6.45) is 0. The zero-order chi connectivity index (χ0) is 21.3. The second kappa shape index (κ2) is 8.28. The molecule has 0 aliphatic carbocycles. The van der Waals surface area contributed by atoms with Crippen LogP contribution in [0.25, 0.3) is 0 Å². The van der Waals surface area contributed by atoms with E-state index >= 15 is 0 Å². The lowest BCUT2D eigenvalue weighted by atomic mass is 10.1. The Bertz CT molecular complexity index is 1140. The maximum Gasteiger partial charge on any atom is 0.255 e. The van der Waals surface area contributed by atoms with Gasteiger partial charge in [0.15, 0.2) is 0 Å². The number of amides is 2. The van der Waals surface area contributed by atoms with Crippen LogP contribution in [-0.4, -0.2) is 17.6 Å². The van der Waals surface area contributed by atoms with Crippen molar-refractivity contribution in [1.29, 1.82) is 0 Å². The van der Waals surface area contributed by atoms with Crippen molar-refractivity contribution < 1.29 is 18.4 Å². The number of nitrogens with zero attached hydrogens (tertiary/aromatic N) is 1. The van der Waals surface area contributed by atoms with Gasteiger partial charge in [-0.3, -0.25) is 14.5 Å². The number of nitrogens with one attached hydrogen (secondary N) is 1. The van der Waals surface area contributed by atoms with Gasteiger partial charge in [-0.2, -0.15) is 0 Å². The van der Waals surface area contributed by atoms with E-state index in [-0.39, 0.29) is 23.3 Å². The molecule has 7 heteroatoms. The van der Waals surface area contributed by atoms with E-state index in [1.54, 1.807) is 30.3 Å². The van der Waals surface area contributed by atoms with Gasteiger partial charge < -0.3 is 5.32 Å². The molecule has 1 fully saturated rings. The molecule has 4 rings (SSSR count). The van der Waals surface area contributed by atoms with Crippen LogP contribution in [0.5, 0.6) is 0 Å². The highest BCUT2D eigenvalue weighted by Crippen LogP contribution is 2.43. The SMILES string of the molecule is Cc1ccccc1C(=O)Nc1cccc([C@H]2SCC(=O)N2c2ccc(F)cc2F)c1. The van der Waals surface area contributed by atoms with E-state index in [0.29, 0.717) is 11.3 Å². The van der Waals surface area contributed by atoms with Crippen molar-refractivity contribution in [2.75, 3.05) is 16.0 Å². The zero-order valence-corrected chi connectivity index (χ0v) is 16.9. The number of carbonyl (C=O) groups excluding carboxylic acids is 2. The highest BCUT2D eigenvalue weighted by Gasteiger charge is 2.35. The van der Waals surface area contributed by atoms with Crippen molar-refractivity contribution in [2.45, 2.75) is 12.3 Å². The Hall–Kier alpha value is -3.19. The van der Waals surface area contributed by atoms with E-state index in [1.165, 1.54) is 22.7 Å². The fourth-order valence-corrected chi connectivity index (χ4v) is 4.56. The molecule has 1 aliphatic rings. The lowest BCUT2D eigenvalue weighted by molar-refractivity contribution is -0.115. The molecule has 0 aromatic heterocycles. The summed E-state index contributed by atoms with van der Waals surface area (Å²) in [5.74, 6) is -1.80. The van der Waals surface area contributed by atoms with E-state index in [1.807, 2.05) is 25.1 Å². The van der Waals surface area contributed by atoms with E-state index in [0.717, 1.165) is 23.3 Å². The second-order valence-electron chi connectivity index (χ2n) is 6.92. The number of aryl methyl sites for hydroxylation is 1. The van der Waals surface area contributed by atoms with Crippen molar-refractivity contribution in [3.63, 3.8) is 0 Å². The summed E-state index contributed by atoms with van der Waals surface area (Å²) < 4.78 is 27.6. The van der Waals surface area contributed by atoms with Gasteiger partial charge in [0.25, 0.3) is 5.91 Å². The Morgan fingerprint density at radius 2 is 1.87 bits per heavy atom. The Morgan fingerprint density at radius 3 is 2.63 bits per heavy atom. The minimum Gasteiger partial charge on any atom is -0.322 e. The predicted octanol–water partition coefficient (Wildman–Crippen LogP) is 5.30. The average Bonchev–Trinajstić information content (AvgIpc) is 3.10. The quantitative estimate of drug-likeness (QED) is 0.618. The minimum absolute atomic E-state index is 0.0331. The third-order valence-corrected chi connectivity index (χ3v) is 6.07. The van der Waals surface area contributed by atoms with Crippen LogP contribution in [0.4, 0.5) is 20.2 Å². The van der Waals surface area contributed by atoms with Crippen molar-refractivity contribution in [2.24, 2.45) is 0 Å². The topological polar surface area (TPSA) is 49.4 Å². The maximum atomic E-state index is 14.3. The monoisotopic (exact) mass is 424 g/mol. The van der Waals surface area contributed by atoms with E-state index < -0.39 is 17.0 Å². The van der Waals surface area contributed by atoms with Crippen LogP contribution >= 0.6 is 11.8 Å². The van der Waals surface area contributed by atoms with E-state index in [9.17, 15) is 18.4 Å². The number of benzene rings is 3. The molecule has 0 radical (unpaired) electrons. The molecule has 0 saturated carbocycles. The third-order valence-electron chi connectivity index (χ3n) is 4.86. The molecule has 1 aliphatic heterocycles. The summed E-state index contributed by atoms with van der Waals surface area (Å²) >= 11 is 1.35. The summed E-state index contributed by atoms with van der Waals surface area (Å²) in [5.41, 5.74) is 2.77. The molecule has 1 heterocycles. The average molecular weight is 424 g/mol. The number of hydrogen-bond donors (Lipinski definition) is 1. The van der Waals surface area contributed by atoms with Crippen LogP contribution < -0.4 is 10.2 Å². The Morgan fingerprint density at radius 1 is 1.07 bits per heavy atom. The van der Waals surface area contributed by atoms with Gasteiger partial charge in [-0.25, -0.2) is 8.78 Å². The molecule has 0 unspecified atom stereocenters. The van der Waals surface area contributed by atoms with Gasteiger partial charge in [-0.15, -0.1) is 11.8 Å². The fourth-order valence-electron chi connectivity index (χ4n) is 3.40. The molecule has 152 valence electrons. The highest BCUT2D eigenvalue weighted by atomic mass is 32.2. The fraction of sp³-hybridized carbons (Fsp3) is 0.130. The zero-order valence-electron chi connectivity index (χ0n) is 16.1. The molecule has 0 bridgehead atoms. The molecule has 1 atom stereocenters. The number of halogens is 2. The van der Waals surface area contributed by atoms with Gasteiger partial charge in [0, 0.05) is 17.3 Å². The molecular weight excluding hydrogens is 406 g/mol. The number of rotatable bonds is 4. The number of hydrogen-bond acceptors (Lipinski definition) is 3. The standard InChI is InChI=1S/C23H18F2N2O2S/c1-14-5-2-3-8-18(14)22(29)26-17-7-4-6-15(11-17)23-27(21(28)13-30-23)20-10-9-16(24)12-19(20)25/h2-12,23H,13H2,1H3,(H,26,29)/t23-/m1/s1. The minimum atomic E-state index is -0.792. The largest absolute Gasteiger partial charge is 0.322 e. The van der Waals surface area contributed by atoms with E-state index in [2.05, 4.69) is 5.32 Å². The lowest BCUT2D eigenvalue weighted by Gasteiger charge is -2.25. The molecule has 3 aromatic carbocycles. The van der Waals surface area contributed by atoms with Crippen LogP contribution in [0.15, 0.2) is 66.7 Å². The van der Waals surface area contributed by atoms with Crippen LogP contribution in [0.1, 0.15) is 26.9 Å². The van der Waals surface area contributed by atoms with Crippen LogP contribution in [0.3, 0.4) is 0 Å². The van der Waals surface area contributed by atoms with Crippen molar-refractivity contribution in [3.05, 3.63) is 95.1 Å². The summed E-state index contributed by atoms with van der Waals surface area (Å²) in [7, 11) is 0. The normalized spacial score (nSPS) is 16.0. The molecular formula is C23H18F2N2O2S. The first-order valence-electron chi connectivity index (χ1n) is 9.29. The first-order valence-corrected chi connectivity index (χ1v) is 10.3. The Labute approximate surface area is 176 Å². The lowest BCUT2D eigenvalue weighted by Crippen LogP contribution is -2.28. The predicted molar refractivity (Wildman–Crippen MR) is 115 cm³/mol. The molecule has 0 spiro atoms. The van der Waals surface area contributed by atoms with Crippen molar-refractivity contribution in [1.82, 2.24) is 0 Å². The Balaban J connectivity index is 1.62. The summed E-state index contributed by atoms with van der Waals surface area (Å²) in [6, 6.07) is 17.5. The van der Waals surface area contributed by atoms with E-state index in [4.69, 9.17) is 0 Å². The second-order valence-corrected chi connectivity index (χ2v) is 7.99. The van der Waals surface area contributed by atoms with Gasteiger partial charge in [0.2, 0.25) is 5.91 Å². The Kier molecular flexibility index (Phi) is 5.55. The summed E-state index contributed by atoms with van der Waals surface area (Å²) in [5, 5.41) is 2.39. The van der Waals surface area contributed by atoms with Gasteiger partial charge in [0.05, 0.1) is 11.4 Å². The first kappa shape index (κ1) is 20.1. The number of anilines is 2. The van der Waals surface area contributed by atoms with Crippen molar-refractivity contribution in [3.8, 4) is 0 Å². The molecule has 1 saturated heterocycles.